The Morgan fingerprint density at radius 3 is 2.55 bits per heavy atom. The first-order valence-corrected chi connectivity index (χ1v) is 7.59. The van der Waals surface area contributed by atoms with Crippen LogP contribution in [0.4, 0.5) is 0 Å². The van der Waals surface area contributed by atoms with Crippen LogP contribution in [0.2, 0.25) is 0 Å². The minimum Gasteiger partial charge on any atom is -0.468 e. The minimum atomic E-state index is -0.718. The Morgan fingerprint density at radius 2 is 2.05 bits per heavy atom. The first kappa shape index (κ1) is 15.5. The fraction of sp³-hybridized carbons (Fsp3) is 0.875. The molecule has 4 heteroatoms. The van der Waals surface area contributed by atoms with Crippen LogP contribution in [-0.2, 0) is 19.1 Å². The predicted octanol–water partition coefficient (Wildman–Crippen LogP) is 2.59. The van der Waals surface area contributed by atoms with Gasteiger partial charge in [-0.2, -0.15) is 0 Å². The number of fused-ring (bicyclic) bond motifs is 2. The van der Waals surface area contributed by atoms with E-state index in [0.717, 1.165) is 12.8 Å². The van der Waals surface area contributed by atoms with E-state index in [4.69, 9.17) is 9.47 Å². The van der Waals surface area contributed by atoms with Gasteiger partial charge in [-0.3, -0.25) is 9.59 Å². The van der Waals surface area contributed by atoms with Crippen LogP contribution >= 0.6 is 0 Å². The van der Waals surface area contributed by atoms with Crippen molar-refractivity contribution in [2.75, 3.05) is 7.11 Å². The smallest absolute Gasteiger partial charge is 0.318 e. The molecule has 2 aliphatic rings. The monoisotopic (exact) mass is 282 g/mol. The van der Waals surface area contributed by atoms with Crippen molar-refractivity contribution in [2.45, 2.75) is 58.7 Å². The molecule has 2 saturated heterocycles. The molecule has 0 radical (unpaired) electrons. The molecule has 2 heterocycles. The van der Waals surface area contributed by atoms with E-state index in [9.17, 15) is 9.59 Å². The molecule has 0 aromatic carbocycles. The molecule has 0 unspecified atom stereocenters. The average molecular weight is 282 g/mol. The molecule has 4 atom stereocenters. The molecule has 0 aromatic rings. The molecule has 0 saturated carbocycles. The maximum atomic E-state index is 12.4. The van der Waals surface area contributed by atoms with Gasteiger partial charge in [-0.1, -0.05) is 27.7 Å². The lowest BCUT2D eigenvalue weighted by atomic mass is 9.73. The third kappa shape index (κ3) is 2.50. The number of ketones is 1. The van der Waals surface area contributed by atoms with E-state index in [-0.39, 0.29) is 17.5 Å². The highest BCUT2D eigenvalue weighted by atomic mass is 16.5. The van der Waals surface area contributed by atoms with Gasteiger partial charge in [0.2, 0.25) is 0 Å². The summed E-state index contributed by atoms with van der Waals surface area (Å²) in [4.78, 5) is 24.3. The summed E-state index contributed by atoms with van der Waals surface area (Å²) in [5.74, 6) is 0.0948. The number of Topliss-reactive ketones (excluding diaryl/α,β-unsaturated/α-hetero) is 1. The van der Waals surface area contributed by atoms with Crippen LogP contribution in [0.5, 0.6) is 0 Å². The van der Waals surface area contributed by atoms with E-state index in [1.54, 1.807) is 0 Å². The SMILES string of the molecule is COC(=O)[C@H]1C(=O)C[C@@]2(CC(C)C)O[C@@H]1C[C@@H]2C(C)C. The van der Waals surface area contributed by atoms with Gasteiger partial charge in [0.1, 0.15) is 5.92 Å². The van der Waals surface area contributed by atoms with E-state index >= 15 is 0 Å². The van der Waals surface area contributed by atoms with Crippen molar-refractivity contribution < 1.29 is 19.1 Å². The molecule has 20 heavy (non-hydrogen) atoms. The normalized spacial score (nSPS) is 36.8. The van der Waals surface area contributed by atoms with Gasteiger partial charge in [-0.25, -0.2) is 0 Å². The Hall–Kier alpha value is -0.900. The van der Waals surface area contributed by atoms with Crippen molar-refractivity contribution >= 4 is 11.8 Å². The predicted molar refractivity (Wildman–Crippen MR) is 75.1 cm³/mol. The number of carbonyl (C=O) groups excluding carboxylic acids is 2. The molecule has 2 fully saturated rings. The highest BCUT2D eigenvalue weighted by Gasteiger charge is 2.59. The Kier molecular flexibility index (Phi) is 4.24. The second-order valence-electron chi connectivity index (χ2n) is 7.05. The molecular weight excluding hydrogens is 256 g/mol. The summed E-state index contributed by atoms with van der Waals surface area (Å²) in [7, 11) is 1.33. The summed E-state index contributed by atoms with van der Waals surface area (Å²) in [6.45, 7) is 8.66. The number of rotatable bonds is 4. The third-order valence-corrected chi connectivity index (χ3v) is 4.75. The van der Waals surface area contributed by atoms with Gasteiger partial charge in [0.25, 0.3) is 0 Å². The maximum absolute atomic E-state index is 12.4. The Balaban J connectivity index is 2.30. The zero-order chi connectivity index (χ0) is 15.1. The zero-order valence-corrected chi connectivity index (χ0v) is 13.1. The number of esters is 1. The first-order valence-electron chi connectivity index (χ1n) is 7.59. The number of hydrogen-bond donors (Lipinski definition) is 0. The summed E-state index contributed by atoms with van der Waals surface area (Å²) in [6, 6.07) is 0. The number of hydrogen-bond acceptors (Lipinski definition) is 4. The molecule has 0 aromatic heterocycles. The minimum absolute atomic E-state index is 0.00287. The molecule has 0 amide bonds. The van der Waals surface area contributed by atoms with Gasteiger partial charge < -0.3 is 9.47 Å². The maximum Gasteiger partial charge on any atom is 0.318 e. The van der Waals surface area contributed by atoms with Gasteiger partial charge in [0.15, 0.2) is 5.78 Å². The van der Waals surface area contributed by atoms with Gasteiger partial charge >= 0.3 is 5.97 Å². The molecule has 0 spiro atoms. The lowest BCUT2D eigenvalue weighted by molar-refractivity contribution is -0.174. The number of methoxy groups -OCH3 is 1. The van der Waals surface area contributed by atoms with Crippen molar-refractivity contribution in [1.29, 1.82) is 0 Å². The molecule has 0 aliphatic carbocycles. The fourth-order valence-corrected chi connectivity index (χ4v) is 4.14. The molecule has 4 nitrogen and oxygen atoms in total. The zero-order valence-electron chi connectivity index (χ0n) is 13.1. The standard InChI is InChI=1S/C16H26O4/c1-9(2)7-16-8-12(17)14(15(18)19-5)13(20-16)6-11(16)10(3)4/h9-11,13-14H,6-8H2,1-5H3/t11-,13-,14+,16-/m1/s1. The van der Waals surface area contributed by atoms with Crippen molar-refractivity contribution in [3.05, 3.63) is 0 Å². The highest BCUT2D eigenvalue weighted by molar-refractivity contribution is 6.01. The molecule has 2 aliphatic heterocycles. The van der Waals surface area contributed by atoms with Crippen molar-refractivity contribution in [3.63, 3.8) is 0 Å². The summed E-state index contributed by atoms with van der Waals surface area (Å²) < 4.78 is 11.0. The van der Waals surface area contributed by atoms with Crippen molar-refractivity contribution in [1.82, 2.24) is 0 Å². The van der Waals surface area contributed by atoms with Crippen LogP contribution in [0.1, 0.15) is 47.0 Å². The highest BCUT2D eigenvalue weighted by Crippen LogP contribution is 2.52. The van der Waals surface area contributed by atoms with E-state index in [2.05, 4.69) is 27.7 Å². The molecule has 0 N–H and O–H groups in total. The number of ether oxygens (including phenoxy) is 2. The van der Waals surface area contributed by atoms with Crippen molar-refractivity contribution in [2.24, 2.45) is 23.7 Å². The van der Waals surface area contributed by atoms with E-state index in [1.165, 1.54) is 7.11 Å². The van der Waals surface area contributed by atoms with Crippen LogP contribution in [0.25, 0.3) is 0 Å². The van der Waals surface area contributed by atoms with Gasteiger partial charge in [0.05, 0.1) is 18.8 Å². The summed E-state index contributed by atoms with van der Waals surface area (Å²) in [6.07, 6.45) is 1.72. The second kappa shape index (κ2) is 5.47. The van der Waals surface area contributed by atoms with Crippen LogP contribution in [0, 0.1) is 23.7 Å². The largest absolute Gasteiger partial charge is 0.468 e. The van der Waals surface area contributed by atoms with Gasteiger partial charge in [0, 0.05) is 6.42 Å². The van der Waals surface area contributed by atoms with Crippen LogP contribution < -0.4 is 0 Å². The number of carbonyl (C=O) groups is 2. The van der Waals surface area contributed by atoms with Gasteiger partial charge in [-0.15, -0.1) is 0 Å². The third-order valence-electron chi connectivity index (χ3n) is 4.75. The van der Waals surface area contributed by atoms with E-state index in [0.29, 0.717) is 24.2 Å². The lowest BCUT2D eigenvalue weighted by Crippen LogP contribution is -2.49. The molecule has 2 bridgehead atoms. The summed E-state index contributed by atoms with van der Waals surface area (Å²) in [5.41, 5.74) is -0.366. The Morgan fingerprint density at radius 1 is 1.40 bits per heavy atom. The Labute approximate surface area is 121 Å². The summed E-state index contributed by atoms with van der Waals surface area (Å²) in [5, 5.41) is 0. The fourth-order valence-electron chi connectivity index (χ4n) is 4.14. The topological polar surface area (TPSA) is 52.6 Å². The van der Waals surface area contributed by atoms with E-state index in [1.807, 2.05) is 0 Å². The molecule has 114 valence electrons. The Bertz CT molecular complexity index is 401. The summed E-state index contributed by atoms with van der Waals surface area (Å²) >= 11 is 0. The second-order valence-corrected chi connectivity index (χ2v) is 7.05. The average Bonchev–Trinajstić information content (AvgIpc) is 2.61. The lowest BCUT2D eigenvalue weighted by Gasteiger charge is -2.41. The van der Waals surface area contributed by atoms with Crippen molar-refractivity contribution in [3.8, 4) is 0 Å². The van der Waals surface area contributed by atoms with Crippen LogP contribution in [0.3, 0.4) is 0 Å². The van der Waals surface area contributed by atoms with E-state index < -0.39 is 11.9 Å². The van der Waals surface area contributed by atoms with Crippen LogP contribution in [-0.4, -0.2) is 30.6 Å². The quantitative estimate of drug-likeness (QED) is 0.587. The first-order chi connectivity index (χ1) is 9.30. The molecule has 2 rings (SSSR count). The molecular formula is C16H26O4. The van der Waals surface area contributed by atoms with Gasteiger partial charge in [-0.05, 0) is 30.6 Å². The van der Waals surface area contributed by atoms with Crippen LogP contribution in [0.15, 0.2) is 0 Å².